The molecule has 232 valence electrons. The maximum Gasteiger partial charge on any atom is 0.389 e. The molecule has 8 nitrogen and oxygen atoms in total. The number of para-hydroxylation sites is 1. The number of hydrogen-bond donors (Lipinski definition) is 2. The SMILES string of the molecule is NC(=O)C[C@@H](CCC(F)(F)F)C(=O)N(CCCC(F)(F)F)[C@@H]1N=C(c2ccccc2)c2cccc(OC3CC3)c2NC1=O. The summed E-state index contributed by atoms with van der Waals surface area (Å²) in [5, 5.41) is 2.69. The maximum absolute atomic E-state index is 13.7. The molecule has 0 spiro atoms. The van der Waals surface area contributed by atoms with E-state index in [1.165, 1.54) is 0 Å². The van der Waals surface area contributed by atoms with Crippen LogP contribution in [-0.4, -0.2) is 59.5 Å². The second-order valence-electron chi connectivity index (χ2n) is 10.5. The molecule has 0 bridgehead atoms. The number of alkyl halides is 6. The van der Waals surface area contributed by atoms with E-state index in [9.17, 15) is 40.7 Å². The lowest BCUT2D eigenvalue weighted by Gasteiger charge is -2.31. The minimum Gasteiger partial charge on any atom is -0.488 e. The summed E-state index contributed by atoms with van der Waals surface area (Å²) in [5.74, 6) is -4.45. The predicted octanol–water partition coefficient (Wildman–Crippen LogP) is 5.35. The number of benzene rings is 2. The van der Waals surface area contributed by atoms with Gasteiger partial charge in [0.2, 0.25) is 18.0 Å². The number of hydrogen-bond acceptors (Lipinski definition) is 5. The smallest absolute Gasteiger partial charge is 0.389 e. The normalized spacial score (nSPS) is 17.7. The molecule has 3 N–H and O–H groups in total. The highest BCUT2D eigenvalue weighted by Crippen LogP contribution is 2.37. The summed E-state index contributed by atoms with van der Waals surface area (Å²) in [7, 11) is 0. The third-order valence-corrected chi connectivity index (χ3v) is 6.89. The highest BCUT2D eigenvalue weighted by molar-refractivity contribution is 6.20. The monoisotopic (exact) mass is 612 g/mol. The molecular weight excluding hydrogens is 582 g/mol. The highest BCUT2D eigenvalue weighted by atomic mass is 19.4. The Morgan fingerprint density at radius 3 is 2.28 bits per heavy atom. The van der Waals surface area contributed by atoms with Gasteiger partial charge in [-0.2, -0.15) is 26.3 Å². The van der Waals surface area contributed by atoms with Crippen molar-refractivity contribution in [2.24, 2.45) is 16.6 Å². The lowest BCUT2D eigenvalue weighted by atomic mass is 9.96. The molecule has 1 aliphatic heterocycles. The molecule has 1 heterocycles. The van der Waals surface area contributed by atoms with E-state index in [4.69, 9.17) is 10.5 Å². The number of carbonyl (C=O) groups is 3. The number of nitrogens with one attached hydrogen (secondary N) is 1. The molecule has 2 atom stereocenters. The standard InChI is InChI=1S/C29H30F6N4O4/c30-28(31,32)13-5-15-39(27(42)18(16-22(36)40)12-14-29(33,34)35)25-26(41)38-24-20(8-4-9-21(24)43-19-10-11-19)23(37-25)17-6-2-1-3-7-17/h1-4,6-9,18-19,25H,5,10-16H2,(H2,36,40)(H,38,41)/t18-,25+/m1/s1. The summed E-state index contributed by atoms with van der Waals surface area (Å²) in [5.41, 5.74) is 6.57. The Kier molecular flexibility index (Phi) is 9.65. The van der Waals surface area contributed by atoms with E-state index in [2.05, 4.69) is 10.3 Å². The first kappa shape index (κ1) is 31.8. The van der Waals surface area contributed by atoms with Gasteiger partial charge in [0.1, 0.15) is 5.75 Å². The van der Waals surface area contributed by atoms with Gasteiger partial charge in [-0.15, -0.1) is 0 Å². The molecule has 2 aromatic rings. The van der Waals surface area contributed by atoms with E-state index in [0.717, 1.165) is 12.8 Å². The molecule has 1 aliphatic carbocycles. The zero-order valence-corrected chi connectivity index (χ0v) is 22.9. The minimum absolute atomic E-state index is 0.0665. The van der Waals surface area contributed by atoms with E-state index in [1.54, 1.807) is 48.5 Å². The Balaban J connectivity index is 1.79. The summed E-state index contributed by atoms with van der Waals surface area (Å²) in [6.07, 6.45) is -14.6. The van der Waals surface area contributed by atoms with E-state index in [-0.39, 0.29) is 17.5 Å². The molecule has 0 unspecified atom stereocenters. The molecule has 0 radical (unpaired) electrons. The van der Waals surface area contributed by atoms with Gasteiger partial charge in [-0.3, -0.25) is 14.4 Å². The number of carbonyl (C=O) groups excluding carboxylic acids is 3. The van der Waals surface area contributed by atoms with Crippen LogP contribution < -0.4 is 15.8 Å². The number of rotatable bonds is 12. The van der Waals surface area contributed by atoms with Crippen LogP contribution in [0.5, 0.6) is 5.75 Å². The van der Waals surface area contributed by atoms with Crippen LogP contribution in [0.15, 0.2) is 53.5 Å². The Morgan fingerprint density at radius 1 is 1.00 bits per heavy atom. The predicted molar refractivity (Wildman–Crippen MR) is 144 cm³/mol. The van der Waals surface area contributed by atoms with Gasteiger partial charge in [0.15, 0.2) is 0 Å². The molecule has 14 heteroatoms. The number of fused-ring (bicyclic) bond motifs is 1. The fourth-order valence-corrected chi connectivity index (χ4v) is 4.73. The summed E-state index contributed by atoms with van der Waals surface area (Å²) < 4.78 is 84.5. The minimum atomic E-state index is -4.69. The Morgan fingerprint density at radius 2 is 1.67 bits per heavy atom. The van der Waals surface area contributed by atoms with Crippen molar-refractivity contribution in [1.82, 2.24) is 4.90 Å². The van der Waals surface area contributed by atoms with Crippen molar-refractivity contribution in [3.8, 4) is 5.75 Å². The van der Waals surface area contributed by atoms with Crippen molar-refractivity contribution in [3.63, 3.8) is 0 Å². The van der Waals surface area contributed by atoms with E-state index < -0.39 is 80.8 Å². The maximum atomic E-state index is 13.7. The van der Waals surface area contributed by atoms with Crippen LogP contribution in [0.4, 0.5) is 32.0 Å². The molecule has 0 aromatic heterocycles. The number of amides is 3. The van der Waals surface area contributed by atoms with Gasteiger partial charge in [-0.25, -0.2) is 4.99 Å². The average Bonchev–Trinajstić information content (AvgIpc) is 3.75. The first-order chi connectivity index (χ1) is 20.2. The molecule has 0 saturated heterocycles. The largest absolute Gasteiger partial charge is 0.488 e. The number of primary amides is 1. The van der Waals surface area contributed by atoms with Crippen LogP contribution in [0.2, 0.25) is 0 Å². The van der Waals surface area contributed by atoms with Gasteiger partial charge in [0.25, 0.3) is 5.91 Å². The van der Waals surface area contributed by atoms with E-state index in [1.807, 2.05) is 0 Å². The number of anilines is 1. The third kappa shape index (κ3) is 8.94. The fourth-order valence-electron chi connectivity index (χ4n) is 4.73. The molecular formula is C29H30F6N4O4. The Labute approximate surface area is 243 Å². The molecule has 2 aromatic carbocycles. The number of nitrogens with zero attached hydrogens (tertiary/aromatic N) is 2. The van der Waals surface area contributed by atoms with Gasteiger partial charge < -0.3 is 20.7 Å². The van der Waals surface area contributed by atoms with Crippen molar-refractivity contribution in [3.05, 3.63) is 59.7 Å². The summed E-state index contributed by atoms with van der Waals surface area (Å²) >= 11 is 0. The van der Waals surface area contributed by atoms with Crippen LogP contribution in [0.25, 0.3) is 0 Å². The summed E-state index contributed by atoms with van der Waals surface area (Å²) in [4.78, 5) is 44.4. The first-order valence-electron chi connectivity index (χ1n) is 13.7. The molecule has 4 rings (SSSR count). The average molecular weight is 613 g/mol. The Bertz CT molecular complexity index is 1360. The third-order valence-electron chi connectivity index (χ3n) is 6.89. The number of halogens is 6. The molecule has 43 heavy (non-hydrogen) atoms. The molecule has 1 fully saturated rings. The van der Waals surface area contributed by atoms with Crippen LogP contribution in [0, 0.1) is 5.92 Å². The second-order valence-corrected chi connectivity index (χ2v) is 10.5. The zero-order chi connectivity index (χ0) is 31.4. The molecule has 2 aliphatic rings. The molecule has 1 saturated carbocycles. The van der Waals surface area contributed by atoms with Crippen molar-refractivity contribution in [1.29, 1.82) is 0 Å². The highest BCUT2D eigenvalue weighted by Gasteiger charge is 2.40. The van der Waals surface area contributed by atoms with Gasteiger partial charge >= 0.3 is 12.4 Å². The van der Waals surface area contributed by atoms with Gasteiger partial charge in [0, 0.05) is 42.9 Å². The van der Waals surface area contributed by atoms with Crippen molar-refractivity contribution < 1.29 is 45.5 Å². The Hall–Kier alpha value is -4.10. The van der Waals surface area contributed by atoms with Crippen molar-refractivity contribution in [2.75, 3.05) is 11.9 Å². The number of nitrogens with two attached hydrogens (primary N) is 1. The lowest BCUT2D eigenvalue weighted by molar-refractivity contribution is -0.152. The quantitative estimate of drug-likeness (QED) is 0.315. The lowest BCUT2D eigenvalue weighted by Crippen LogP contribution is -2.49. The van der Waals surface area contributed by atoms with Crippen LogP contribution in [0.3, 0.4) is 0 Å². The fraction of sp³-hybridized carbons (Fsp3) is 0.448. The number of aliphatic imine (C=N–C) groups is 1. The number of ether oxygens (including phenoxy) is 1. The van der Waals surface area contributed by atoms with Gasteiger partial charge in [-0.05, 0) is 31.7 Å². The van der Waals surface area contributed by atoms with Crippen LogP contribution in [0.1, 0.15) is 56.1 Å². The summed E-state index contributed by atoms with van der Waals surface area (Å²) in [6, 6.07) is 13.4. The second kappa shape index (κ2) is 13.0. The van der Waals surface area contributed by atoms with Gasteiger partial charge in [-0.1, -0.05) is 42.5 Å². The van der Waals surface area contributed by atoms with E-state index >= 15 is 0 Å². The van der Waals surface area contributed by atoms with Crippen molar-refractivity contribution in [2.45, 2.75) is 69.6 Å². The summed E-state index contributed by atoms with van der Waals surface area (Å²) in [6.45, 7) is -0.676. The van der Waals surface area contributed by atoms with Crippen LogP contribution in [-0.2, 0) is 14.4 Å². The van der Waals surface area contributed by atoms with Crippen molar-refractivity contribution >= 4 is 29.1 Å². The topological polar surface area (TPSA) is 114 Å². The first-order valence-corrected chi connectivity index (χ1v) is 13.7. The van der Waals surface area contributed by atoms with Gasteiger partial charge in [0.05, 0.1) is 17.5 Å². The van der Waals surface area contributed by atoms with E-state index in [0.29, 0.717) is 21.8 Å². The molecule has 3 amide bonds. The van der Waals surface area contributed by atoms with Crippen LogP contribution >= 0.6 is 0 Å². The number of benzodiazepines with no additional fused rings is 1. The zero-order valence-electron chi connectivity index (χ0n) is 22.9.